The van der Waals surface area contributed by atoms with Crippen molar-refractivity contribution < 1.29 is 0 Å². The largest absolute Gasteiger partial charge is 0.320 e. The van der Waals surface area contributed by atoms with E-state index in [1.54, 1.807) is 0 Å². The number of nitrogens with zero attached hydrogens (tertiary/aromatic N) is 3. The van der Waals surface area contributed by atoms with Crippen LogP contribution in [0.1, 0.15) is 11.3 Å². The molecule has 0 fully saturated rings. The Morgan fingerprint density at radius 3 is 2.69 bits per heavy atom. The van der Waals surface area contributed by atoms with Gasteiger partial charge in [0.15, 0.2) is 0 Å². The van der Waals surface area contributed by atoms with E-state index in [0.29, 0.717) is 0 Å². The molecule has 0 aliphatic carbocycles. The number of pyridine rings is 1. The summed E-state index contributed by atoms with van der Waals surface area (Å²) in [6, 6.07) is 20.5. The zero-order chi connectivity index (χ0) is 17.3. The van der Waals surface area contributed by atoms with E-state index in [2.05, 4.69) is 74.6 Å². The van der Waals surface area contributed by atoms with Crippen molar-refractivity contribution in [1.82, 2.24) is 19.7 Å². The van der Waals surface area contributed by atoms with Crippen molar-refractivity contribution >= 4 is 34.0 Å². The Hall–Kier alpha value is -3.66. The zero-order valence-electron chi connectivity index (χ0n) is 14.0. The number of aromatic nitrogens is 4. The Labute approximate surface area is 150 Å². The summed E-state index contributed by atoms with van der Waals surface area (Å²) in [6.45, 7) is 0. The fraction of sp³-hybridized carbons (Fsp3) is 0. The molecule has 124 valence electrons. The molecule has 0 spiro atoms. The Kier molecular flexibility index (Phi) is 3.39. The molecule has 4 nitrogen and oxygen atoms in total. The maximum atomic E-state index is 4.42. The van der Waals surface area contributed by atoms with Crippen LogP contribution in [0.25, 0.3) is 39.6 Å². The van der Waals surface area contributed by atoms with Crippen LogP contribution in [0.3, 0.4) is 0 Å². The van der Waals surface area contributed by atoms with Gasteiger partial charge in [-0.25, -0.2) is 0 Å². The molecule has 0 bridgehead atoms. The minimum Gasteiger partial charge on any atom is -0.320 e. The third-order valence-electron chi connectivity index (χ3n) is 4.55. The van der Waals surface area contributed by atoms with Gasteiger partial charge in [-0.15, -0.1) is 0 Å². The lowest BCUT2D eigenvalue weighted by Gasteiger charge is -2.06. The number of hydrogen-bond acceptors (Lipinski definition) is 2. The second-order valence-corrected chi connectivity index (χ2v) is 6.19. The highest BCUT2D eigenvalue weighted by atomic mass is 15.1. The highest BCUT2D eigenvalue weighted by Crippen LogP contribution is 2.23. The average molecular weight is 336 g/mol. The number of para-hydroxylation sites is 2. The Balaban J connectivity index is 1.58. The Bertz CT molecular complexity index is 1210. The van der Waals surface area contributed by atoms with E-state index in [9.17, 15) is 0 Å². The minimum absolute atomic E-state index is 0.940. The van der Waals surface area contributed by atoms with E-state index in [1.807, 2.05) is 36.5 Å². The monoisotopic (exact) mass is 336 g/mol. The number of rotatable bonds is 3. The predicted molar refractivity (Wildman–Crippen MR) is 106 cm³/mol. The van der Waals surface area contributed by atoms with Crippen molar-refractivity contribution in [1.29, 1.82) is 0 Å². The standard InChI is InChI=1S/C22H16N4/c1-4-10-22(26-14-17-7-5-13-23-21(17)15-26)16(6-1)11-12-20-18-8-2-3-9-19(18)24-25-20/h1-15H,(H,24,25)/b12-11+. The van der Waals surface area contributed by atoms with Gasteiger partial charge in [0.2, 0.25) is 0 Å². The van der Waals surface area contributed by atoms with Crippen molar-refractivity contribution in [2.75, 3.05) is 0 Å². The summed E-state index contributed by atoms with van der Waals surface area (Å²) in [5, 5.41) is 9.74. The normalized spacial score (nSPS) is 11.7. The molecule has 0 atom stereocenters. The fourth-order valence-electron chi connectivity index (χ4n) is 3.25. The molecule has 0 radical (unpaired) electrons. The van der Waals surface area contributed by atoms with Gasteiger partial charge >= 0.3 is 0 Å². The van der Waals surface area contributed by atoms with Crippen molar-refractivity contribution in [3.05, 3.63) is 90.5 Å². The fourth-order valence-corrected chi connectivity index (χ4v) is 3.25. The average Bonchev–Trinajstić information content (AvgIpc) is 3.30. The molecule has 26 heavy (non-hydrogen) atoms. The Morgan fingerprint density at radius 2 is 1.73 bits per heavy atom. The molecule has 0 unspecified atom stereocenters. The predicted octanol–water partition coefficient (Wildman–Crippen LogP) is 5.07. The molecular weight excluding hydrogens is 320 g/mol. The molecule has 0 saturated carbocycles. The smallest absolute Gasteiger partial charge is 0.0927 e. The van der Waals surface area contributed by atoms with Crippen molar-refractivity contribution in [3.8, 4) is 5.69 Å². The first-order chi connectivity index (χ1) is 12.9. The molecule has 5 rings (SSSR count). The molecule has 0 aliphatic rings. The molecule has 5 aromatic rings. The van der Waals surface area contributed by atoms with Crippen LogP contribution in [0.2, 0.25) is 0 Å². The van der Waals surface area contributed by atoms with Crippen LogP contribution in [-0.2, 0) is 0 Å². The maximum Gasteiger partial charge on any atom is 0.0927 e. The molecule has 2 aromatic carbocycles. The van der Waals surface area contributed by atoms with Crippen molar-refractivity contribution in [3.63, 3.8) is 0 Å². The van der Waals surface area contributed by atoms with Gasteiger partial charge in [-0.3, -0.25) is 10.1 Å². The molecule has 1 N–H and O–H groups in total. The maximum absolute atomic E-state index is 4.42. The second-order valence-electron chi connectivity index (χ2n) is 6.19. The summed E-state index contributed by atoms with van der Waals surface area (Å²) < 4.78 is 2.12. The van der Waals surface area contributed by atoms with Crippen molar-refractivity contribution in [2.45, 2.75) is 0 Å². The van der Waals surface area contributed by atoms with Gasteiger partial charge < -0.3 is 4.57 Å². The van der Waals surface area contributed by atoms with Gasteiger partial charge in [0.05, 0.1) is 22.4 Å². The number of benzene rings is 2. The van der Waals surface area contributed by atoms with Crippen LogP contribution in [0.5, 0.6) is 0 Å². The van der Waals surface area contributed by atoms with Crippen LogP contribution in [0.4, 0.5) is 0 Å². The van der Waals surface area contributed by atoms with E-state index in [4.69, 9.17) is 0 Å². The molecule has 0 amide bonds. The molecule has 0 saturated heterocycles. The Morgan fingerprint density at radius 1 is 0.846 bits per heavy atom. The van der Waals surface area contributed by atoms with Gasteiger partial charge in [0, 0.05) is 29.4 Å². The quantitative estimate of drug-likeness (QED) is 0.500. The second kappa shape index (κ2) is 6.01. The topological polar surface area (TPSA) is 46.5 Å². The minimum atomic E-state index is 0.940. The molecule has 3 heterocycles. The SMILES string of the molecule is C(=C\c1n[nH]c2ccccc12)/c1ccccc1-n1cc2cccnc2c1. The number of hydrogen-bond donors (Lipinski definition) is 1. The first-order valence-corrected chi connectivity index (χ1v) is 8.52. The lowest BCUT2D eigenvalue weighted by molar-refractivity contribution is 1.08. The molecule has 0 aliphatic heterocycles. The number of aromatic amines is 1. The highest BCUT2D eigenvalue weighted by Gasteiger charge is 2.05. The molecular formula is C22H16N4. The van der Waals surface area contributed by atoms with Crippen LogP contribution in [0.15, 0.2) is 79.3 Å². The third kappa shape index (κ3) is 2.48. The summed E-state index contributed by atoms with van der Waals surface area (Å²) >= 11 is 0. The van der Waals surface area contributed by atoms with Gasteiger partial charge in [0.25, 0.3) is 0 Å². The van der Waals surface area contributed by atoms with Crippen LogP contribution < -0.4 is 0 Å². The van der Waals surface area contributed by atoms with Crippen LogP contribution in [-0.4, -0.2) is 19.7 Å². The van der Waals surface area contributed by atoms with E-state index < -0.39 is 0 Å². The highest BCUT2D eigenvalue weighted by molar-refractivity contribution is 5.90. The lowest BCUT2D eigenvalue weighted by Crippen LogP contribution is -1.92. The lowest BCUT2D eigenvalue weighted by atomic mass is 10.1. The number of H-pyrrole nitrogens is 1. The number of fused-ring (bicyclic) bond motifs is 2. The number of nitrogens with one attached hydrogen (secondary N) is 1. The van der Waals surface area contributed by atoms with Crippen LogP contribution in [0, 0.1) is 0 Å². The van der Waals surface area contributed by atoms with E-state index in [0.717, 1.165) is 38.8 Å². The summed E-state index contributed by atoms with van der Waals surface area (Å²) in [4.78, 5) is 4.42. The van der Waals surface area contributed by atoms with Crippen molar-refractivity contribution in [2.24, 2.45) is 0 Å². The summed E-state index contributed by atoms with van der Waals surface area (Å²) in [5.74, 6) is 0. The summed E-state index contributed by atoms with van der Waals surface area (Å²) in [5.41, 5.74) is 5.21. The van der Waals surface area contributed by atoms with E-state index in [1.165, 1.54) is 0 Å². The third-order valence-corrected chi connectivity index (χ3v) is 4.55. The van der Waals surface area contributed by atoms with Gasteiger partial charge in [-0.1, -0.05) is 42.5 Å². The summed E-state index contributed by atoms with van der Waals surface area (Å²) in [7, 11) is 0. The van der Waals surface area contributed by atoms with E-state index in [-0.39, 0.29) is 0 Å². The first kappa shape index (κ1) is 14.7. The summed E-state index contributed by atoms with van der Waals surface area (Å²) in [6.07, 6.45) is 10.2. The van der Waals surface area contributed by atoms with E-state index >= 15 is 0 Å². The first-order valence-electron chi connectivity index (χ1n) is 8.52. The molecule has 3 aromatic heterocycles. The van der Waals surface area contributed by atoms with Crippen LogP contribution >= 0.6 is 0 Å². The zero-order valence-corrected chi connectivity index (χ0v) is 14.0. The van der Waals surface area contributed by atoms with Gasteiger partial charge in [-0.05, 0) is 35.9 Å². The molecule has 4 heteroatoms. The van der Waals surface area contributed by atoms with Gasteiger partial charge in [0.1, 0.15) is 0 Å². The van der Waals surface area contributed by atoms with Gasteiger partial charge in [-0.2, -0.15) is 5.10 Å².